The van der Waals surface area contributed by atoms with Crippen molar-refractivity contribution in [2.24, 2.45) is 0 Å². The van der Waals surface area contributed by atoms with Gasteiger partial charge in [-0.2, -0.15) is 0 Å². The van der Waals surface area contributed by atoms with Crippen LogP contribution in [0, 0.1) is 0 Å². The molecule has 2 heterocycles. The molecule has 1 unspecified atom stereocenters. The first-order chi connectivity index (χ1) is 7.29. The molecule has 2 nitrogen and oxygen atoms in total. The Morgan fingerprint density at radius 3 is 2.87 bits per heavy atom. The molecule has 1 aliphatic rings. The number of ether oxygens (including phenoxy) is 2. The van der Waals surface area contributed by atoms with Gasteiger partial charge in [-0.25, -0.2) is 0 Å². The van der Waals surface area contributed by atoms with Crippen LogP contribution in [-0.4, -0.2) is 12.2 Å². The second kappa shape index (κ2) is 4.44. The standard InChI is InChI=1S/C12H18O2S/c1-3-5-6-12(4-2)9-13-10-7-15-8-11(10)14-12/h7-8H,3-6,9H2,1-2H3. The fourth-order valence-corrected chi connectivity index (χ4v) is 2.56. The number of rotatable bonds is 4. The zero-order valence-corrected chi connectivity index (χ0v) is 10.2. The van der Waals surface area contributed by atoms with Gasteiger partial charge in [0.05, 0.1) is 0 Å². The Hall–Kier alpha value is -0.700. The van der Waals surface area contributed by atoms with Crippen molar-refractivity contribution in [2.45, 2.75) is 45.1 Å². The summed E-state index contributed by atoms with van der Waals surface area (Å²) >= 11 is 1.64. The van der Waals surface area contributed by atoms with Crippen LogP contribution in [-0.2, 0) is 0 Å². The van der Waals surface area contributed by atoms with Crippen molar-refractivity contribution in [3.63, 3.8) is 0 Å². The second-order valence-corrected chi connectivity index (χ2v) is 4.87. The molecule has 1 aromatic rings. The van der Waals surface area contributed by atoms with Crippen LogP contribution in [0.4, 0.5) is 0 Å². The highest BCUT2D eigenvalue weighted by Crippen LogP contribution is 2.41. The molecule has 3 heteroatoms. The van der Waals surface area contributed by atoms with Crippen LogP contribution in [0.3, 0.4) is 0 Å². The van der Waals surface area contributed by atoms with Gasteiger partial charge in [0.2, 0.25) is 0 Å². The summed E-state index contributed by atoms with van der Waals surface area (Å²) in [7, 11) is 0. The van der Waals surface area contributed by atoms with Gasteiger partial charge >= 0.3 is 0 Å². The van der Waals surface area contributed by atoms with Gasteiger partial charge in [0, 0.05) is 10.8 Å². The first-order valence-electron chi connectivity index (χ1n) is 5.67. The van der Waals surface area contributed by atoms with Crippen molar-refractivity contribution < 1.29 is 9.47 Å². The van der Waals surface area contributed by atoms with Gasteiger partial charge < -0.3 is 9.47 Å². The van der Waals surface area contributed by atoms with E-state index in [4.69, 9.17) is 9.47 Å². The summed E-state index contributed by atoms with van der Waals surface area (Å²) in [4.78, 5) is 0. The SMILES string of the molecule is CCCCC1(CC)COc2cscc2O1. The van der Waals surface area contributed by atoms with Gasteiger partial charge in [-0.1, -0.05) is 20.3 Å². The van der Waals surface area contributed by atoms with E-state index in [9.17, 15) is 0 Å². The largest absolute Gasteiger partial charge is 0.485 e. The maximum Gasteiger partial charge on any atom is 0.172 e. The maximum absolute atomic E-state index is 6.10. The van der Waals surface area contributed by atoms with E-state index in [0.717, 1.165) is 24.3 Å². The van der Waals surface area contributed by atoms with Crippen LogP contribution in [0.1, 0.15) is 39.5 Å². The van der Waals surface area contributed by atoms with Crippen molar-refractivity contribution in [1.29, 1.82) is 0 Å². The lowest BCUT2D eigenvalue weighted by atomic mass is 9.93. The molecule has 1 atom stereocenters. The zero-order valence-electron chi connectivity index (χ0n) is 9.41. The average molecular weight is 226 g/mol. The molecular weight excluding hydrogens is 208 g/mol. The van der Waals surface area contributed by atoms with E-state index in [1.807, 2.05) is 10.8 Å². The molecule has 0 bridgehead atoms. The highest BCUT2D eigenvalue weighted by Gasteiger charge is 2.35. The number of hydrogen-bond donors (Lipinski definition) is 0. The first-order valence-corrected chi connectivity index (χ1v) is 6.62. The molecule has 0 saturated carbocycles. The molecule has 15 heavy (non-hydrogen) atoms. The highest BCUT2D eigenvalue weighted by molar-refractivity contribution is 7.08. The van der Waals surface area contributed by atoms with Gasteiger partial charge in [0.25, 0.3) is 0 Å². The van der Waals surface area contributed by atoms with Gasteiger partial charge in [-0.3, -0.25) is 0 Å². The molecule has 0 aliphatic carbocycles. The first kappa shape index (κ1) is 10.8. The summed E-state index contributed by atoms with van der Waals surface area (Å²) in [5.41, 5.74) is -0.0793. The molecule has 1 aliphatic heterocycles. The summed E-state index contributed by atoms with van der Waals surface area (Å²) in [5.74, 6) is 1.85. The Kier molecular flexibility index (Phi) is 3.19. The molecule has 0 N–H and O–H groups in total. The van der Waals surface area contributed by atoms with E-state index in [0.29, 0.717) is 6.61 Å². The summed E-state index contributed by atoms with van der Waals surface area (Å²) in [6.45, 7) is 5.09. The number of fused-ring (bicyclic) bond motifs is 1. The van der Waals surface area contributed by atoms with Gasteiger partial charge in [0.1, 0.15) is 12.2 Å². The van der Waals surface area contributed by atoms with E-state index >= 15 is 0 Å². The molecule has 84 valence electrons. The number of thiophene rings is 1. The quantitative estimate of drug-likeness (QED) is 0.776. The van der Waals surface area contributed by atoms with Crippen LogP contribution < -0.4 is 9.47 Å². The molecule has 1 aromatic heterocycles. The Balaban J connectivity index is 2.10. The van der Waals surface area contributed by atoms with Gasteiger partial charge in [-0.15, -0.1) is 11.3 Å². The van der Waals surface area contributed by atoms with E-state index in [1.165, 1.54) is 12.8 Å². The highest BCUT2D eigenvalue weighted by atomic mass is 32.1. The molecule has 2 rings (SSSR count). The van der Waals surface area contributed by atoms with E-state index in [1.54, 1.807) is 11.3 Å². The van der Waals surface area contributed by atoms with E-state index in [2.05, 4.69) is 13.8 Å². The Morgan fingerprint density at radius 2 is 2.13 bits per heavy atom. The maximum atomic E-state index is 6.10. The minimum atomic E-state index is -0.0793. The third kappa shape index (κ3) is 2.12. The number of hydrogen-bond acceptors (Lipinski definition) is 3. The lowest BCUT2D eigenvalue weighted by Gasteiger charge is -2.36. The zero-order chi connectivity index (χ0) is 10.7. The molecule has 0 radical (unpaired) electrons. The van der Waals surface area contributed by atoms with Crippen LogP contribution in [0.15, 0.2) is 10.8 Å². The van der Waals surface area contributed by atoms with Crippen molar-refractivity contribution >= 4 is 11.3 Å². The monoisotopic (exact) mass is 226 g/mol. The number of unbranched alkanes of at least 4 members (excludes halogenated alkanes) is 1. The lowest BCUT2D eigenvalue weighted by Crippen LogP contribution is -2.44. The molecule has 0 fully saturated rings. The van der Waals surface area contributed by atoms with Crippen molar-refractivity contribution in [3.8, 4) is 11.5 Å². The fourth-order valence-electron chi connectivity index (χ4n) is 1.90. The predicted octanol–water partition coefficient (Wildman–Crippen LogP) is 3.86. The molecular formula is C12H18O2S. The molecule has 0 saturated heterocycles. The lowest BCUT2D eigenvalue weighted by molar-refractivity contribution is -0.0186. The molecule has 0 amide bonds. The summed E-state index contributed by atoms with van der Waals surface area (Å²) in [6.07, 6.45) is 4.52. The third-order valence-electron chi connectivity index (χ3n) is 3.04. The van der Waals surface area contributed by atoms with Crippen molar-refractivity contribution in [2.75, 3.05) is 6.61 Å². The molecule has 0 spiro atoms. The average Bonchev–Trinajstić information content (AvgIpc) is 2.73. The Labute approximate surface area is 95.2 Å². The second-order valence-electron chi connectivity index (χ2n) is 4.13. The molecule has 0 aromatic carbocycles. The smallest absolute Gasteiger partial charge is 0.172 e. The van der Waals surface area contributed by atoms with E-state index < -0.39 is 0 Å². The van der Waals surface area contributed by atoms with Crippen LogP contribution in [0.25, 0.3) is 0 Å². The fraction of sp³-hybridized carbons (Fsp3) is 0.667. The predicted molar refractivity (Wildman–Crippen MR) is 63.0 cm³/mol. The van der Waals surface area contributed by atoms with Gasteiger partial charge in [0.15, 0.2) is 11.5 Å². The van der Waals surface area contributed by atoms with Crippen LogP contribution in [0.5, 0.6) is 11.5 Å². The Morgan fingerprint density at radius 1 is 1.33 bits per heavy atom. The minimum absolute atomic E-state index is 0.0793. The Bertz CT molecular complexity index is 321. The van der Waals surface area contributed by atoms with Gasteiger partial charge in [-0.05, 0) is 19.3 Å². The van der Waals surface area contributed by atoms with Crippen molar-refractivity contribution in [3.05, 3.63) is 10.8 Å². The summed E-state index contributed by atoms with van der Waals surface area (Å²) in [6, 6.07) is 0. The van der Waals surface area contributed by atoms with Crippen molar-refractivity contribution in [1.82, 2.24) is 0 Å². The van der Waals surface area contributed by atoms with E-state index in [-0.39, 0.29) is 5.60 Å². The third-order valence-corrected chi connectivity index (χ3v) is 3.74. The summed E-state index contributed by atoms with van der Waals surface area (Å²) in [5, 5.41) is 4.04. The van der Waals surface area contributed by atoms with Crippen LogP contribution >= 0.6 is 11.3 Å². The topological polar surface area (TPSA) is 18.5 Å². The summed E-state index contributed by atoms with van der Waals surface area (Å²) < 4.78 is 11.8. The normalized spacial score (nSPS) is 24.1. The minimum Gasteiger partial charge on any atom is -0.485 e. The van der Waals surface area contributed by atoms with Crippen LogP contribution in [0.2, 0.25) is 0 Å².